The average molecular weight is 220 g/mol. The number of ether oxygens (including phenoxy) is 2. The highest BCUT2D eigenvalue weighted by Crippen LogP contribution is 2.55. The van der Waals surface area contributed by atoms with Gasteiger partial charge in [-0.15, -0.1) is 0 Å². The lowest BCUT2D eigenvalue weighted by atomic mass is 9.91. The van der Waals surface area contributed by atoms with E-state index < -0.39 is 0 Å². The predicted molar refractivity (Wildman–Crippen MR) is 60.3 cm³/mol. The number of hydrogen-bond donors (Lipinski definition) is 1. The molecule has 0 saturated heterocycles. The van der Waals surface area contributed by atoms with Gasteiger partial charge in [-0.1, -0.05) is 0 Å². The monoisotopic (exact) mass is 220 g/mol. The molecule has 2 aliphatic rings. The third-order valence-electron chi connectivity index (χ3n) is 4.00. The number of hydrogen-bond acceptors (Lipinski definition) is 3. The van der Waals surface area contributed by atoms with Crippen molar-refractivity contribution < 1.29 is 14.6 Å². The molecule has 1 saturated carbocycles. The van der Waals surface area contributed by atoms with Crippen LogP contribution in [-0.2, 0) is 0 Å². The highest BCUT2D eigenvalue weighted by Gasteiger charge is 2.45. The number of aliphatic hydroxyl groups is 1. The van der Waals surface area contributed by atoms with E-state index in [1.54, 1.807) is 14.2 Å². The fraction of sp³-hybridized carbons (Fsp3) is 0.538. The Hall–Kier alpha value is -1.22. The summed E-state index contributed by atoms with van der Waals surface area (Å²) in [7, 11) is 3.29. The third kappa shape index (κ3) is 1.12. The molecule has 3 nitrogen and oxygen atoms in total. The van der Waals surface area contributed by atoms with Crippen LogP contribution in [0.15, 0.2) is 12.1 Å². The van der Waals surface area contributed by atoms with Gasteiger partial charge in [0.15, 0.2) is 11.5 Å². The van der Waals surface area contributed by atoms with E-state index in [4.69, 9.17) is 9.47 Å². The molecule has 16 heavy (non-hydrogen) atoms. The van der Waals surface area contributed by atoms with Crippen molar-refractivity contribution in [1.82, 2.24) is 0 Å². The first-order valence-electron chi connectivity index (χ1n) is 5.70. The Labute approximate surface area is 95.0 Å². The van der Waals surface area contributed by atoms with E-state index in [1.165, 1.54) is 11.1 Å². The molecule has 0 aromatic heterocycles. The molecule has 1 aromatic carbocycles. The fourth-order valence-electron chi connectivity index (χ4n) is 3.21. The first-order chi connectivity index (χ1) is 7.76. The van der Waals surface area contributed by atoms with E-state index in [0.29, 0.717) is 11.8 Å². The molecule has 2 aliphatic carbocycles. The van der Waals surface area contributed by atoms with Crippen LogP contribution in [0.1, 0.15) is 35.8 Å². The predicted octanol–water partition coefficient (Wildman–Crippen LogP) is 2.04. The van der Waals surface area contributed by atoms with Crippen molar-refractivity contribution in [3.63, 3.8) is 0 Å². The van der Waals surface area contributed by atoms with Crippen molar-refractivity contribution in [2.45, 2.75) is 30.8 Å². The lowest BCUT2D eigenvalue weighted by Crippen LogP contribution is -2.08. The van der Waals surface area contributed by atoms with E-state index in [0.717, 1.165) is 24.3 Å². The van der Waals surface area contributed by atoms with E-state index in [2.05, 4.69) is 0 Å². The van der Waals surface area contributed by atoms with Gasteiger partial charge in [-0.3, -0.25) is 0 Å². The zero-order chi connectivity index (χ0) is 11.3. The maximum absolute atomic E-state index is 10.1. The van der Waals surface area contributed by atoms with Crippen LogP contribution in [0.4, 0.5) is 0 Å². The summed E-state index contributed by atoms with van der Waals surface area (Å²) < 4.78 is 10.6. The van der Waals surface area contributed by atoms with Crippen LogP contribution in [0.2, 0.25) is 0 Å². The quantitative estimate of drug-likeness (QED) is 0.829. The Morgan fingerprint density at radius 2 is 1.44 bits per heavy atom. The molecule has 2 bridgehead atoms. The van der Waals surface area contributed by atoms with Crippen LogP contribution in [0.25, 0.3) is 0 Å². The van der Waals surface area contributed by atoms with Gasteiger partial charge in [0.25, 0.3) is 0 Å². The van der Waals surface area contributed by atoms with Crippen molar-refractivity contribution in [2.24, 2.45) is 0 Å². The van der Waals surface area contributed by atoms with Gasteiger partial charge in [0.05, 0.1) is 20.3 Å². The third-order valence-corrected chi connectivity index (χ3v) is 4.00. The van der Waals surface area contributed by atoms with Gasteiger partial charge in [-0.25, -0.2) is 0 Å². The van der Waals surface area contributed by atoms with Gasteiger partial charge in [0.1, 0.15) is 0 Å². The van der Waals surface area contributed by atoms with Crippen LogP contribution >= 0.6 is 0 Å². The van der Waals surface area contributed by atoms with Crippen molar-refractivity contribution in [1.29, 1.82) is 0 Å². The molecule has 86 valence electrons. The minimum Gasteiger partial charge on any atom is -0.493 e. The molecule has 1 unspecified atom stereocenters. The Morgan fingerprint density at radius 3 is 1.81 bits per heavy atom. The first kappa shape index (κ1) is 9.97. The standard InChI is InChI=1S/C13H16O3/c1-15-11-5-9-7-3-4-8(13(7)14)10(9)6-12(11)16-2/h5-8,13-14H,3-4H2,1-2H3/t7-,8+,13?. The summed E-state index contributed by atoms with van der Waals surface area (Å²) in [5.74, 6) is 2.14. The lowest BCUT2D eigenvalue weighted by molar-refractivity contribution is 0.159. The second kappa shape index (κ2) is 3.39. The van der Waals surface area contributed by atoms with Gasteiger partial charge >= 0.3 is 0 Å². The van der Waals surface area contributed by atoms with E-state index in [-0.39, 0.29) is 6.10 Å². The molecule has 0 aliphatic heterocycles. The number of fused-ring (bicyclic) bond motifs is 5. The molecule has 0 heterocycles. The van der Waals surface area contributed by atoms with Crippen LogP contribution < -0.4 is 9.47 Å². The van der Waals surface area contributed by atoms with Gasteiger partial charge in [0, 0.05) is 11.8 Å². The van der Waals surface area contributed by atoms with Crippen LogP contribution in [0.3, 0.4) is 0 Å². The lowest BCUT2D eigenvalue weighted by Gasteiger charge is -2.17. The zero-order valence-corrected chi connectivity index (χ0v) is 9.56. The molecule has 3 rings (SSSR count). The Kier molecular flexibility index (Phi) is 2.11. The van der Waals surface area contributed by atoms with Crippen LogP contribution in [0.5, 0.6) is 11.5 Å². The number of rotatable bonds is 2. The molecule has 1 fully saturated rings. The van der Waals surface area contributed by atoms with Crippen molar-refractivity contribution in [2.75, 3.05) is 14.2 Å². The summed E-state index contributed by atoms with van der Waals surface area (Å²) in [6.45, 7) is 0. The summed E-state index contributed by atoms with van der Waals surface area (Å²) in [6, 6.07) is 4.06. The molecular formula is C13H16O3. The minimum absolute atomic E-state index is 0.202. The highest BCUT2D eigenvalue weighted by atomic mass is 16.5. The number of benzene rings is 1. The van der Waals surface area contributed by atoms with Crippen LogP contribution in [-0.4, -0.2) is 25.4 Å². The SMILES string of the molecule is COc1cc2c(cc1OC)[C@@H]1CC[C@H]2C1O. The zero-order valence-electron chi connectivity index (χ0n) is 9.56. The van der Waals surface area contributed by atoms with E-state index >= 15 is 0 Å². The average Bonchev–Trinajstić information content (AvgIpc) is 2.81. The van der Waals surface area contributed by atoms with Crippen molar-refractivity contribution in [3.05, 3.63) is 23.3 Å². The molecule has 3 atom stereocenters. The second-order valence-corrected chi connectivity index (χ2v) is 4.62. The Balaban J connectivity index is 2.14. The summed E-state index contributed by atoms with van der Waals surface area (Å²) in [5.41, 5.74) is 2.50. The maximum atomic E-state index is 10.1. The second-order valence-electron chi connectivity index (χ2n) is 4.62. The van der Waals surface area contributed by atoms with Gasteiger partial charge in [-0.2, -0.15) is 0 Å². The molecule has 1 N–H and O–H groups in total. The summed E-state index contributed by atoms with van der Waals surface area (Å²) in [6.07, 6.45) is 1.98. The highest BCUT2D eigenvalue weighted by molar-refractivity contribution is 5.54. The molecule has 0 radical (unpaired) electrons. The number of aliphatic hydroxyl groups excluding tert-OH is 1. The maximum Gasteiger partial charge on any atom is 0.161 e. The topological polar surface area (TPSA) is 38.7 Å². The molecular weight excluding hydrogens is 204 g/mol. The van der Waals surface area contributed by atoms with Gasteiger partial charge < -0.3 is 14.6 Å². The summed E-state index contributed by atoms with van der Waals surface area (Å²) in [5, 5.41) is 10.1. The normalized spacial score (nSPS) is 30.3. The molecule has 3 heteroatoms. The van der Waals surface area contributed by atoms with Crippen LogP contribution in [0, 0.1) is 0 Å². The summed E-state index contributed by atoms with van der Waals surface area (Å²) >= 11 is 0. The molecule has 0 spiro atoms. The largest absolute Gasteiger partial charge is 0.493 e. The van der Waals surface area contributed by atoms with Gasteiger partial charge in [-0.05, 0) is 36.1 Å². The van der Waals surface area contributed by atoms with Gasteiger partial charge in [0.2, 0.25) is 0 Å². The smallest absolute Gasteiger partial charge is 0.161 e. The van der Waals surface area contributed by atoms with Crippen molar-refractivity contribution >= 4 is 0 Å². The fourth-order valence-corrected chi connectivity index (χ4v) is 3.21. The van der Waals surface area contributed by atoms with Crippen molar-refractivity contribution in [3.8, 4) is 11.5 Å². The number of methoxy groups -OCH3 is 2. The minimum atomic E-state index is -0.202. The first-order valence-corrected chi connectivity index (χ1v) is 5.70. The Morgan fingerprint density at radius 1 is 1.00 bits per heavy atom. The Bertz CT molecular complexity index is 388. The van der Waals surface area contributed by atoms with E-state index in [9.17, 15) is 5.11 Å². The van der Waals surface area contributed by atoms with E-state index in [1.807, 2.05) is 12.1 Å². The molecule has 1 aromatic rings. The molecule has 0 amide bonds. The summed E-state index contributed by atoms with van der Waals surface area (Å²) in [4.78, 5) is 0.